The van der Waals surface area contributed by atoms with Gasteiger partial charge in [0.2, 0.25) is 5.28 Å². The lowest BCUT2D eigenvalue weighted by Crippen LogP contribution is -2.02. The minimum Gasteiger partial charge on any atom is -0.366 e. The fourth-order valence-electron chi connectivity index (χ4n) is 1.52. The molecule has 2 rings (SSSR count). The molecule has 0 aliphatic carbocycles. The Morgan fingerprint density at radius 1 is 1.12 bits per heavy atom. The van der Waals surface area contributed by atoms with E-state index in [4.69, 9.17) is 11.6 Å². The van der Waals surface area contributed by atoms with Gasteiger partial charge < -0.3 is 5.32 Å². The van der Waals surface area contributed by atoms with Gasteiger partial charge in [-0.2, -0.15) is 0 Å². The quantitative estimate of drug-likeness (QED) is 0.846. The highest BCUT2D eigenvalue weighted by Crippen LogP contribution is 2.11. The monoisotopic (exact) mass is 247 g/mol. The molecule has 1 heterocycles. The van der Waals surface area contributed by atoms with Crippen molar-refractivity contribution in [1.82, 2.24) is 9.97 Å². The van der Waals surface area contributed by atoms with Gasteiger partial charge in [-0.1, -0.05) is 29.8 Å². The molecule has 0 saturated heterocycles. The van der Waals surface area contributed by atoms with Crippen LogP contribution in [-0.4, -0.2) is 9.97 Å². The average molecular weight is 248 g/mol. The van der Waals surface area contributed by atoms with Crippen molar-refractivity contribution in [3.63, 3.8) is 0 Å². The van der Waals surface area contributed by atoms with Crippen molar-refractivity contribution in [2.45, 2.75) is 20.4 Å². The summed E-state index contributed by atoms with van der Waals surface area (Å²) in [5.41, 5.74) is 3.33. The van der Waals surface area contributed by atoms with Crippen molar-refractivity contribution >= 4 is 17.4 Å². The zero-order chi connectivity index (χ0) is 12.3. The van der Waals surface area contributed by atoms with E-state index in [1.807, 2.05) is 13.0 Å². The number of nitrogens with zero attached hydrogens (tertiary/aromatic N) is 2. The molecule has 0 aliphatic rings. The summed E-state index contributed by atoms with van der Waals surface area (Å²) >= 11 is 5.79. The third kappa shape index (κ3) is 3.43. The summed E-state index contributed by atoms with van der Waals surface area (Å²) in [6.45, 7) is 4.70. The van der Waals surface area contributed by atoms with Gasteiger partial charge in [-0.05, 0) is 31.0 Å². The molecule has 2 aromatic rings. The Bertz CT molecular complexity index is 488. The molecule has 0 fully saturated rings. The lowest BCUT2D eigenvalue weighted by atomic mass is 10.1. The maximum atomic E-state index is 5.79. The molecule has 0 saturated carbocycles. The Morgan fingerprint density at radius 3 is 2.47 bits per heavy atom. The predicted molar refractivity (Wildman–Crippen MR) is 70.3 cm³/mol. The number of anilines is 1. The van der Waals surface area contributed by atoms with Crippen LogP contribution in [0.15, 0.2) is 30.3 Å². The van der Waals surface area contributed by atoms with E-state index < -0.39 is 0 Å². The molecule has 0 atom stereocenters. The summed E-state index contributed by atoms with van der Waals surface area (Å²) in [5, 5.41) is 3.50. The first-order valence-electron chi connectivity index (χ1n) is 5.44. The van der Waals surface area contributed by atoms with E-state index in [2.05, 4.69) is 46.5 Å². The molecule has 0 aliphatic heterocycles. The summed E-state index contributed by atoms with van der Waals surface area (Å²) in [7, 11) is 0. The highest BCUT2D eigenvalue weighted by Gasteiger charge is 1.99. The van der Waals surface area contributed by atoms with Crippen LogP contribution < -0.4 is 5.32 Å². The number of aromatic nitrogens is 2. The van der Waals surface area contributed by atoms with Crippen LogP contribution >= 0.6 is 11.6 Å². The van der Waals surface area contributed by atoms with E-state index in [0.29, 0.717) is 0 Å². The van der Waals surface area contributed by atoms with Crippen LogP contribution in [0.2, 0.25) is 5.28 Å². The summed E-state index contributed by atoms with van der Waals surface area (Å²) in [4.78, 5) is 8.13. The molecule has 0 radical (unpaired) electrons. The van der Waals surface area contributed by atoms with Crippen molar-refractivity contribution in [1.29, 1.82) is 0 Å². The number of hydrogen-bond donors (Lipinski definition) is 1. The molecule has 0 bridgehead atoms. The normalized spacial score (nSPS) is 10.3. The second kappa shape index (κ2) is 5.15. The topological polar surface area (TPSA) is 37.8 Å². The maximum Gasteiger partial charge on any atom is 0.224 e. The first-order valence-corrected chi connectivity index (χ1v) is 5.82. The van der Waals surface area contributed by atoms with Gasteiger partial charge in [-0.15, -0.1) is 0 Å². The fraction of sp³-hybridized carbons (Fsp3) is 0.231. The third-order valence-corrected chi connectivity index (χ3v) is 2.59. The zero-order valence-electron chi connectivity index (χ0n) is 9.87. The number of nitrogens with one attached hydrogen (secondary N) is 1. The first-order chi connectivity index (χ1) is 8.13. The number of halogens is 1. The smallest absolute Gasteiger partial charge is 0.224 e. The Labute approximate surface area is 106 Å². The van der Waals surface area contributed by atoms with Gasteiger partial charge >= 0.3 is 0 Å². The van der Waals surface area contributed by atoms with E-state index in [9.17, 15) is 0 Å². The molecule has 17 heavy (non-hydrogen) atoms. The van der Waals surface area contributed by atoms with E-state index >= 15 is 0 Å². The second-order valence-corrected chi connectivity index (χ2v) is 4.34. The standard InChI is InChI=1S/C13H14ClN3/c1-9-3-5-11(6-4-9)8-15-12-7-10(2)16-13(14)17-12/h3-7H,8H2,1-2H3,(H,15,16,17). The molecule has 88 valence electrons. The van der Waals surface area contributed by atoms with Crippen LogP contribution in [-0.2, 0) is 6.54 Å². The Balaban J connectivity index is 2.04. The lowest BCUT2D eigenvalue weighted by Gasteiger charge is -2.06. The van der Waals surface area contributed by atoms with E-state index in [1.165, 1.54) is 11.1 Å². The molecule has 0 spiro atoms. The minimum absolute atomic E-state index is 0.274. The van der Waals surface area contributed by atoms with Crippen molar-refractivity contribution in [3.8, 4) is 0 Å². The van der Waals surface area contributed by atoms with Crippen LogP contribution in [0.5, 0.6) is 0 Å². The summed E-state index contributed by atoms with van der Waals surface area (Å²) in [6, 6.07) is 10.3. The first kappa shape index (κ1) is 11.9. The van der Waals surface area contributed by atoms with Crippen molar-refractivity contribution in [2.75, 3.05) is 5.32 Å². The highest BCUT2D eigenvalue weighted by atomic mass is 35.5. The van der Waals surface area contributed by atoms with E-state index in [-0.39, 0.29) is 5.28 Å². The molecule has 0 unspecified atom stereocenters. The maximum absolute atomic E-state index is 5.79. The van der Waals surface area contributed by atoms with Crippen LogP contribution in [0, 0.1) is 13.8 Å². The largest absolute Gasteiger partial charge is 0.366 e. The molecule has 1 N–H and O–H groups in total. The number of benzene rings is 1. The lowest BCUT2D eigenvalue weighted by molar-refractivity contribution is 1.05. The third-order valence-electron chi connectivity index (χ3n) is 2.42. The van der Waals surface area contributed by atoms with Gasteiger partial charge in [0.15, 0.2) is 0 Å². The van der Waals surface area contributed by atoms with Crippen molar-refractivity contribution < 1.29 is 0 Å². The number of rotatable bonds is 3. The molecular weight excluding hydrogens is 234 g/mol. The molecule has 0 amide bonds. The van der Waals surface area contributed by atoms with Crippen LogP contribution in [0.3, 0.4) is 0 Å². The van der Waals surface area contributed by atoms with Crippen LogP contribution in [0.1, 0.15) is 16.8 Å². The highest BCUT2D eigenvalue weighted by molar-refractivity contribution is 6.28. The minimum atomic E-state index is 0.274. The zero-order valence-corrected chi connectivity index (χ0v) is 10.6. The van der Waals surface area contributed by atoms with Gasteiger partial charge in [-0.25, -0.2) is 9.97 Å². The van der Waals surface area contributed by atoms with Gasteiger partial charge in [0.25, 0.3) is 0 Å². The Morgan fingerprint density at radius 2 is 1.82 bits per heavy atom. The summed E-state index contributed by atoms with van der Waals surface area (Å²) in [6.07, 6.45) is 0. The van der Waals surface area contributed by atoms with Gasteiger partial charge in [-0.3, -0.25) is 0 Å². The van der Waals surface area contributed by atoms with E-state index in [1.54, 1.807) is 0 Å². The fourth-order valence-corrected chi connectivity index (χ4v) is 1.75. The average Bonchev–Trinajstić information content (AvgIpc) is 2.27. The van der Waals surface area contributed by atoms with Gasteiger partial charge in [0.05, 0.1) is 0 Å². The summed E-state index contributed by atoms with van der Waals surface area (Å²) in [5.74, 6) is 0.753. The Hall–Kier alpha value is -1.61. The second-order valence-electron chi connectivity index (χ2n) is 4.00. The van der Waals surface area contributed by atoms with Gasteiger partial charge in [0, 0.05) is 18.3 Å². The SMILES string of the molecule is Cc1ccc(CNc2cc(C)nc(Cl)n2)cc1. The van der Waals surface area contributed by atoms with Crippen molar-refractivity contribution in [2.24, 2.45) is 0 Å². The molecule has 4 heteroatoms. The predicted octanol–water partition coefficient (Wildman–Crippen LogP) is 3.36. The van der Waals surface area contributed by atoms with Crippen molar-refractivity contribution in [3.05, 3.63) is 52.4 Å². The summed E-state index contributed by atoms with van der Waals surface area (Å²) < 4.78 is 0. The number of aryl methyl sites for hydroxylation is 2. The van der Waals surface area contributed by atoms with Crippen LogP contribution in [0.4, 0.5) is 5.82 Å². The Kier molecular flexibility index (Phi) is 3.59. The van der Waals surface area contributed by atoms with Gasteiger partial charge in [0.1, 0.15) is 5.82 Å². The molecule has 3 nitrogen and oxygen atoms in total. The number of hydrogen-bond acceptors (Lipinski definition) is 3. The molecule has 1 aromatic heterocycles. The van der Waals surface area contributed by atoms with Crippen LogP contribution in [0.25, 0.3) is 0 Å². The van der Waals surface area contributed by atoms with E-state index in [0.717, 1.165) is 18.1 Å². The molecule has 1 aromatic carbocycles. The molecular formula is C13H14ClN3.